The summed E-state index contributed by atoms with van der Waals surface area (Å²) in [6, 6.07) is 9.10. The maximum absolute atomic E-state index is 14.1. The van der Waals surface area contributed by atoms with Crippen LogP contribution in [0.2, 0.25) is 0 Å². The molecule has 7 heteroatoms. The van der Waals surface area contributed by atoms with Gasteiger partial charge in [-0.3, -0.25) is 4.98 Å². The number of halogens is 3. The highest BCUT2D eigenvalue weighted by Gasteiger charge is 2.22. The molecule has 0 N–H and O–H groups in total. The van der Waals surface area contributed by atoms with E-state index in [4.69, 9.17) is 5.26 Å². The number of fused-ring (bicyclic) bond motifs is 1. The van der Waals surface area contributed by atoms with Gasteiger partial charge < -0.3 is 4.90 Å². The fourth-order valence-corrected chi connectivity index (χ4v) is 2.16. The monoisotopic (exact) mass is 314 g/mol. The molecule has 2 aromatic carbocycles. The third-order valence-electron chi connectivity index (χ3n) is 3.39. The summed E-state index contributed by atoms with van der Waals surface area (Å²) in [4.78, 5) is 9.62. The van der Waals surface area contributed by atoms with Gasteiger partial charge in [-0.15, -0.1) is 0 Å². The first-order valence-electron chi connectivity index (χ1n) is 6.56. The second-order valence-electron chi connectivity index (χ2n) is 4.77. The molecule has 4 nitrogen and oxygen atoms in total. The molecule has 0 aliphatic heterocycles. The number of rotatable bonds is 2. The fraction of sp³-hybridized carbons (Fsp3) is 0.0625. The lowest BCUT2D eigenvalue weighted by Gasteiger charge is -2.19. The van der Waals surface area contributed by atoms with E-state index in [-0.39, 0.29) is 11.5 Å². The van der Waals surface area contributed by atoms with Crippen molar-refractivity contribution in [1.29, 1.82) is 5.26 Å². The molecule has 0 amide bonds. The van der Waals surface area contributed by atoms with Gasteiger partial charge >= 0.3 is 0 Å². The Morgan fingerprint density at radius 1 is 1.09 bits per heavy atom. The number of nitrogens with zero attached hydrogens (tertiary/aromatic N) is 4. The zero-order valence-electron chi connectivity index (χ0n) is 11.9. The summed E-state index contributed by atoms with van der Waals surface area (Å²) in [5, 5.41) is 8.66. The average Bonchev–Trinajstić information content (AvgIpc) is 2.57. The summed E-state index contributed by atoms with van der Waals surface area (Å²) in [5.74, 6) is -3.77. The molecule has 0 atom stereocenters. The summed E-state index contributed by atoms with van der Waals surface area (Å²) < 4.78 is 41.6. The van der Waals surface area contributed by atoms with E-state index in [0.717, 1.165) is 6.07 Å². The van der Waals surface area contributed by atoms with E-state index in [1.807, 2.05) is 0 Å². The largest absolute Gasteiger partial charge is 0.326 e. The molecule has 0 fully saturated rings. The number of aromatic nitrogens is 2. The van der Waals surface area contributed by atoms with Gasteiger partial charge in [0.25, 0.3) is 0 Å². The smallest absolute Gasteiger partial charge is 0.184 e. The molecular formula is C16H9F3N4. The Hall–Kier alpha value is -3.14. The van der Waals surface area contributed by atoms with Crippen molar-refractivity contribution < 1.29 is 13.2 Å². The molecular weight excluding hydrogens is 305 g/mol. The topological polar surface area (TPSA) is 52.8 Å². The third kappa shape index (κ3) is 2.44. The number of benzene rings is 2. The standard InChI is InChI=1S/C16H9F3N4/c1-23(13-6-10(17)9(7-20)15(18)16(13)19)14-8-21-11-4-2-3-5-12(11)22-14/h2-6,8H,1H3. The minimum absolute atomic E-state index is 0.214. The van der Waals surface area contributed by atoms with Gasteiger partial charge in [0.15, 0.2) is 17.5 Å². The van der Waals surface area contributed by atoms with E-state index >= 15 is 0 Å². The number of hydrogen-bond donors (Lipinski definition) is 0. The second kappa shape index (κ2) is 5.57. The number of nitriles is 1. The van der Waals surface area contributed by atoms with E-state index in [1.165, 1.54) is 24.2 Å². The van der Waals surface area contributed by atoms with Crippen molar-refractivity contribution in [2.45, 2.75) is 0 Å². The summed E-state index contributed by atoms with van der Waals surface area (Å²) >= 11 is 0. The molecule has 0 aliphatic carbocycles. The first kappa shape index (κ1) is 14.8. The molecule has 0 bridgehead atoms. The molecule has 0 saturated heterocycles. The van der Waals surface area contributed by atoms with Gasteiger partial charge in [-0.05, 0) is 12.1 Å². The van der Waals surface area contributed by atoms with Crippen LogP contribution in [0.25, 0.3) is 11.0 Å². The van der Waals surface area contributed by atoms with E-state index in [0.29, 0.717) is 11.0 Å². The number of para-hydroxylation sites is 2. The normalized spacial score (nSPS) is 10.6. The van der Waals surface area contributed by atoms with Crippen molar-refractivity contribution >= 4 is 22.5 Å². The van der Waals surface area contributed by atoms with Crippen molar-refractivity contribution in [3.63, 3.8) is 0 Å². The first-order chi connectivity index (χ1) is 11.0. The summed E-state index contributed by atoms with van der Waals surface area (Å²) in [5.41, 5.74) is -0.123. The molecule has 114 valence electrons. The van der Waals surface area contributed by atoms with Crippen LogP contribution in [0.3, 0.4) is 0 Å². The number of hydrogen-bond acceptors (Lipinski definition) is 4. The van der Waals surface area contributed by atoms with Gasteiger partial charge in [-0.1, -0.05) is 12.1 Å². The molecule has 23 heavy (non-hydrogen) atoms. The lowest BCUT2D eigenvalue weighted by atomic mass is 10.1. The van der Waals surface area contributed by atoms with Crippen molar-refractivity contribution in [2.24, 2.45) is 0 Å². The van der Waals surface area contributed by atoms with Gasteiger partial charge in [0.2, 0.25) is 0 Å². The first-order valence-corrected chi connectivity index (χ1v) is 6.56. The molecule has 0 aliphatic rings. The van der Waals surface area contributed by atoms with Crippen LogP contribution >= 0.6 is 0 Å². The minimum atomic E-state index is -1.52. The molecule has 0 saturated carbocycles. The molecule has 0 radical (unpaired) electrons. The van der Waals surface area contributed by atoms with E-state index in [2.05, 4.69) is 9.97 Å². The number of anilines is 2. The zero-order chi connectivity index (χ0) is 16.6. The molecule has 3 aromatic rings. The van der Waals surface area contributed by atoms with Crippen LogP contribution in [0, 0.1) is 28.8 Å². The molecule has 3 rings (SSSR count). The van der Waals surface area contributed by atoms with Crippen LogP contribution in [0.5, 0.6) is 0 Å². The Morgan fingerprint density at radius 3 is 2.48 bits per heavy atom. The van der Waals surface area contributed by atoms with Gasteiger partial charge in [-0.2, -0.15) is 5.26 Å². The lowest BCUT2D eigenvalue weighted by molar-refractivity contribution is 0.492. The van der Waals surface area contributed by atoms with Crippen molar-refractivity contribution in [3.8, 4) is 6.07 Å². The average molecular weight is 314 g/mol. The quantitative estimate of drug-likeness (QED) is 0.677. The minimum Gasteiger partial charge on any atom is -0.326 e. The summed E-state index contributed by atoms with van der Waals surface area (Å²) in [6.45, 7) is 0. The Balaban J connectivity index is 2.12. The maximum Gasteiger partial charge on any atom is 0.184 e. The Bertz CT molecular complexity index is 950. The van der Waals surface area contributed by atoms with Gasteiger partial charge in [0.05, 0.1) is 22.9 Å². The third-order valence-corrected chi connectivity index (χ3v) is 3.39. The Labute approximate surface area is 129 Å². The second-order valence-corrected chi connectivity index (χ2v) is 4.77. The van der Waals surface area contributed by atoms with E-state index in [1.54, 1.807) is 24.3 Å². The lowest BCUT2D eigenvalue weighted by Crippen LogP contribution is -2.15. The Morgan fingerprint density at radius 2 is 1.78 bits per heavy atom. The summed E-state index contributed by atoms with van der Waals surface area (Å²) in [7, 11) is 1.40. The van der Waals surface area contributed by atoms with Crippen molar-refractivity contribution in [3.05, 3.63) is 59.5 Å². The van der Waals surface area contributed by atoms with Crippen LogP contribution < -0.4 is 4.90 Å². The predicted molar refractivity (Wildman–Crippen MR) is 78.6 cm³/mol. The van der Waals surface area contributed by atoms with Crippen LogP contribution in [-0.4, -0.2) is 17.0 Å². The van der Waals surface area contributed by atoms with Crippen molar-refractivity contribution in [1.82, 2.24) is 9.97 Å². The molecule has 0 spiro atoms. The molecule has 1 aromatic heterocycles. The van der Waals surface area contributed by atoms with Crippen LogP contribution in [-0.2, 0) is 0 Å². The Kier molecular flexibility index (Phi) is 3.58. The van der Waals surface area contributed by atoms with Crippen molar-refractivity contribution in [2.75, 3.05) is 11.9 Å². The van der Waals surface area contributed by atoms with Crippen LogP contribution in [0.1, 0.15) is 5.56 Å². The summed E-state index contributed by atoms with van der Waals surface area (Å²) in [6.07, 6.45) is 1.37. The van der Waals surface area contributed by atoms with Crippen LogP contribution in [0.15, 0.2) is 36.5 Å². The van der Waals surface area contributed by atoms with E-state index < -0.39 is 23.0 Å². The predicted octanol–water partition coefficient (Wildman–Crippen LogP) is 3.69. The molecule has 1 heterocycles. The fourth-order valence-electron chi connectivity index (χ4n) is 2.16. The zero-order valence-corrected chi connectivity index (χ0v) is 11.9. The van der Waals surface area contributed by atoms with Crippen LogP contribution in [0.4, 0.5) is 24.7 Å². The maximum atomic E-state index is 14.1. The van der Waals surface area contributed by atoms with Gasteiger partial charge in [0.1, 0.15) is 17.4 Å². The molecule has 0 unspecified atom stereocenters. The van der Waals surface area contributed by atoms with E-state index in [9.17, 15) is 13.2 Å². The SMILES string of the molecule is CN(c1cnc2ccccc2n1)c1cc(F)c(C#N)c(F)c1F. The highest BCUT2D eigenvalue weighted by atomic mass is 19.2. The highest BCUT2D eigenvalue weighted by molar-refractivity contribution is 5.76. The van der Waals surface area contributed by atoms with Gasteiger partial charge in [0, 0.05) is 13.1 Å². The van der Waals surface area contributed by atoms with Gasteiger partial charge in [-0.25, -0.2) is 18.2 Å². The highest BCUT2D eigenvalue weighted by Crippen LogP contribution is 2.30.